The van der Waals surface area contributed by atoms with E-state index in [1.807, 2.05) is 78.9 Å². The van der Waals surface area contributed by atoms with Crippen molar-refractivity contribution in [2.75, 3.05) is 27.4 Å². The SMILES string of the molecule is COc1ccc(C(OC[C@H]2O[C@@H](n3cc(Br)c(=O)[nH]c3=O)[C@H](O[Si](C)(C)C(C)(C)C)[C@@H]2OP(OCCC#N)N(C(C)C)C(C)C)(c2ccccc2)c2ccc(OC)cc2)cc1. The average molecular weight is 940 g/mol. The molecule has 1 unspecified atom stereocenters. The van der Waals surface area contributed by atoms with Crippen LogP contribution in [0.1, 0.15) is 77.8 Å². The molecule has 1 aromatic heterocycles. The molecule has 1 aliphatic heterocycles. The number of rotatable bonds is 19. The summed E-state index contributed by atoms with van der Waals surface area (Å²) in [6.07, 6.45) is -2.12. The van der Waals surface area contributed by atoms with E-state index in [2.05, 4.69) is 93.2 Å². The number of nitriles is 1. The van der Waals surface area contributed by atoms with Crippen LogP contribution < -0.4 is 20.7 Å². The van der Waals surface area contributed by atoms with Crippen LogP contribution in [0, 0.1) is 11.3 Å². The quantitative estimate of drug-likeness (QED) is 0.0416. The van der Waals surface area contributed by atoms with Crippen molar-refractivity contribution < 1.29 is 32.4 Å². The van der Waals surface area contributed by atoms with Gasteiger partial charge in [0.25, 0.3) is 14.1 Å². The van der Waals surface area contributed by atoms with Crippen LogP contribution >= 0.6 is 24.5 Å². The minimum Gasteiger partial charge on any atom is -0.497 e. The standard InChI is InChI=1S/C45H60BrN4O9PSi/c1-30(2)50(31(3)4)60(56-27-15-26-47)58-39-38(57-42(40(39)59-61(10,11)44(5,6)7)49-28-37(46)41(51)48-43(49)52)29-55-45(32-16-13-12-14-17-32,33-18-22-35(53-8)23-19-33)34-20-24-36(54-9)25-21-34/h12-14,16-25,28,30-31,38-40,42H,15,27,29H2,1-11H3,(H,48,51,52)/t38-,39-,40-,42-,60?/m1/s1. The number of nitrogens with zero attached hydrogens (tertiary/aromatic N) is 3. The zero-order chi connectivity index (χ0) is 44.7. The van der Waals surface area contributed by atoms with Gasteiger partial charge in [-0.15, -0.1) is 0 Å². The van der Waals surface area contributed by atoms with Crippen molar-refractivity contribution in [1.29, 1.82) is 5.26 Å². The Morgan fingerprint density at radius 2 is 1.43 bits per heavy atom. The monoisotopic (exact) mass is 938 g/mol. The highest BCUT2D eigenvalue weighted by atomic mass is 79.9. The molecule has 0 bridgehead atoms. The molecule has 0 radical (unpaired) electrons. The van der Waals surface area contributed by atoms with Gasteiger partial charge in [-0.3, -0.25) is 14.3 Å². The Morgan fingerprint density at radius 1 is 0.885 bits per heavy atom. The topological polar surface area (TPSA) is 147 Å². The number of H-pyrrole nitrogens is 1. The molecular formula is C45H60BrN4O9PSi. The molecule has 1 N–H and O–H groups in total. The molecule has 0 spiro atoms. The molecule has 1 fully saturated rings. The first kappa shape index (κ1) is 48.4. The number of hydrogen-bond donors (Lipinski definition) is 1. The smallest absolute Gasteiger partial charge is 0.330 e. The number of aromatic amines is 1. The summed E-state index contributed by atoms with van der Waals surface area (Å²) in [5.74, 6) is 1.37. The zero-order valence-corrected chi connectivity index (χ0v) is 40.5. The first-order valence-electron chi connectivity index (χ1n) is 20.5. The molecule has 4 aromatic rings. The van der Waals surface area contributed by atoms with E-state index in [4.69, 9.17) is 32.4 Å². The van der Waals surface area contributed by atoms with Crippen LogP contribution in [0.15, 0.2) is 99.1 Å². The van der Waals surface area contributed by atoms with E-state index in [-0.39, 0.29) is 41.2 Å². The summed E-state index contributed by atoms with van der Waals surface area (Å²) >= 11 is 3.34. The van der Waals surface area contributed by atoms with Gasteiger partial charge in [-0.05, 0) is 103 Å². The summed E-state index contributed by atoms with van der Waals surface area (Å²) in [5.41, 5.74) is 0.0317. The van der Waals surface area contributed by atoms with Crippen LogP contribution in [0.5, 0.6) is 11.5 Å². The number of nitrogens with one attached hydrogen (secondary N) is 1. The van der Waals surface area contributed by atoms with Crippen LogP contribution in [-0.4, -0.2) is 80.4 Å². The maximum Gasteiger partial charge on any atom is 0.330 e. The average Bonchev–Trinajstić information content (AvgIpc) is 3.54. The molecule has 16 heteroatoms. The third-order valence-electron chi connectivity index (χ3n) is 11.2. The van der Waals surface area contributed by atoms with Gasteiger partial charge in [0.1, 0.15) is 35.4 Å². The Hall–Kier alpha value is -3.68. The predicted octanol–water partition coefficient (Wildman–Crippen LogP) is 9.27. The minimum atomic E-state index is -2.66. The van der Waals surface area contributed by atoms with E-state index >= 15 is 0 Å². The van der Waals surface area contributed by atoms with Gasteiger partial charge in [0.2, 0.25) is 0 Å². The lowest BCUT2D eigenvalue weighted by Crippen LogP contribution is -2.50. The number of methoxy groups -OCH3 is 2. The van der Waals surface area contributed by atoms with Crippen molar-refractivity contribution in [3.8, 4) is 17.6 Å². The highest BCUT2D eigenvalue weighted by Crippen LogP contribution is 2.52. The number of benzene rings is 3. The van der Waals surface area contributed by atoms with Crippen molar-refractivity contribution in [3.05, 3.63) is 127 Å². The molecule has 3 aromatic carbocycles. The fraction of sp³-hybridized carbons (Fsp3) is 0.489. The van der Waals surface area contributed by atoms with Crippen LogP contribution in [0.25, 0.3) is 0 Å². The van der Waals surface area contributed by atoms with E-state index in [1.54, 1.807) is 14.2 Å². The summed E-state index contributed by atoms with van der Waals surface area (Å²) < 4.78 is 50.2. The number of aromatic nitrogens is 2. The fourth-order valence-corrected chi connectivity index (χ4v) is 10.5. The van der Waals surface area contributed by atoms with E-state index < -0.39 is 58.2 Å². The van der Waals surface area contributed by atoms with Gasteiger partial charge in [0, 0.05) is 18.3 Å². The first-order chi connectivity index (χ1) is 28.9. The molecule has 0 saturated carbocycles. The molecule has 5 atom stereocenters. The van der Waals surface area contributed by atoms with Gasteiger partial charge in [-0.2, -0.15) is 5.26 Å². The van der Waals surface area contributed by atoms with Crippen molar-refractivity contribution in [1.82, 2.24) is 14.2 Å². The molecule has 13 nitrogen and oxygen atoms in total. The van der Waals surface area contributed by atoms with Gasteiger partial charge in [-0.1, -0.05) is 75.4 Å². The van der Waals surface area contributed by atoms with Crippen LogP contribution in [-0.2, 0) is 28.5 Å². The molecule has 0 amide bonds. The van der Waals surface area contributed by atoms with E-state index in [9.17, 15) is 14.9 Å². The number of hydrogen-bond acceptors (Lipinski definition) is 11. The first-order valence-corrected chi connectivity index (χ1v) is 25.3. The highest BCUT2D eigenvalue weighted by molar-refractivity contribution is 9.10. The highest BCUT2D eigenvalue weighted by Gasteiger charge is 2.54. The van der Waals surface area contributed by atoms with Gasteiger partial charge in [-0.25, -0.2) is 9.46 Å². The second-order valence-corrected chi connectivity index (χ2v) is 24.0. The third kappa shape index (κ3) is 10.9. The van der Waals surface area contributed by atoms with Crippen molar-refractivity contribution in [2.24, 2.45) is 0 Å². The van der Waals surface area contributed by atoms with Gasteiger partial charge < -0.3 is 32.4 Å². The summed E-state index contributed by atoms with van der Waals surface area (Å²) in [4.78, 5) is 28.9. The molecule has 330 valence electrons. The summed E-state index contributed by atoms with van der Waals surface area (Å²) in [6.45, 7) is 19.0. The van der Waals surface area contributed by atoms with E-state index in [0.29, 0.717) is 11.5 Å². The predicted molar refractivity (Wildman–Crippen MR) is 243 cm³/mol. The molecule has 0 aliphatic carbocycles. The maximum absolute atomic E-state index is 13.8. The number of halogens is 1. The summed E-state index contributed by atoms with van der Waals surface area (Å²) in [7, 11) is -1.25. The Labute approximate surface area is 370 Å². The second kappa shape index (κ2) is 20.7. The normalized spacial score (nSPS) is 19.0. The van der Waals surface area contributed by atoms with Crippen molar-refractivity contribution >= 4 is 32.8 Å². The van der Waals surface area contributed by atoms with Crippen LogP contribution in [0.2, 0.25) is 18.1 Å². The lowest BCUT2D eigenvalue weighted by atomic mass is 9.80. The van der Waals surface area contributed by atoms with Gasteiger partial charge in [0.15, 0.2) is 14.5 Å². The minimum absolute atomic E-state index is 0.00516. The van der Waals surface area contributed by atoms with Gasteiger partial charge >= 0.3 is 5.69 Å². The molecule has 2 heterocycles. The lowest BCUT2D eigenvalue weighted by Gasteiger charge is -2.42. The summed E-state index contributed by atoms with van der Waals surface area (Å²) in [5, 5.41) is 9.26. The Bertz CT molecular complexity index is 2140. The van der Waals surface area contributed by atoms with E-state index in [0.717, 1.165) is 16.7 Å². The van der Waals surface area contributed by atoms with E-state index in [1.165, 1.54) is 10.8 Å². The largest absolute Gasteiger partial charge is 0.497 e. The fourth-order valence-electron chi connectivity index (χ4n) is 7.17. The van der Waals surface area contributed by atoms with Crippen LogP contribution in [0.3, 0.4) is 0 Å². The van der Waals surface area contributed by atoms with Crippen LogP contribution in [0.4, 0.5) is 0 Å². The Kier molecular flexibility index (Phi) is 16.4. The molecule has 61 heavy (non-hydrogen) atoms. The Morgan fingerprint density at radius 3 is 1.92 bits per heavy atom. The lowest BCUT2D eigenvalue weighted by molar-refractivity contribution is -0.0943. The molecule has 1 aliphatic rings. The Balaban J connectivity index is 1.75. The van der Waals surface area contributed by atoms with Crippen molar-refractivity contribution in [2.45, 2.75) is 115 Å². The van der Waals surface area contributed by atoms with Gasteiger partial charge in [0.05, 0.1) is 44.4 Å². The number of ether oxygens (including phenoxy) is 4. The zero-order valence-electron chi connectivity index (χ0n) is 37.0. The molecular weight excluding hydrogens is 879 g/mol. The third-order valence-corrected chi connectivity index (χ3v) is 18.4. The summed E-state index contributed by atoms with van der Waals surface area (Å²) in [6, 6.07) is 27.6. The van der Waals surface area contributed by atoms with Crippen molar-refractivity contribution in [3.63, 3.8) is 0 Å². The molecule has 1 saturated heterocycles. The molecule has 5 rings (SSSR count). The maximum atomic E-state index is 13.8. The second-order valence-electron chi connectivity index (χ2n) is 17.0.